The van der Waals surface area contributed by atoms with Gasteiger partial charge in [0, 0.05) is 17.9 Å². The molecule has 5 heteroatoms. The zero-order chi connectivity index (χ0) is 20.2. The fourth-order valence-electron chi connectivity index (χ4n) is 5.74. The average Bonchev–Trinajstić information content (AvgIpc) is 3.18. The minimum absolute atomic E-state index is 0.326. The minimum Gasteiger partial charge on any atom is -0.493 e. The van der Waals surface area contributed by atoms with Crippen molar-refractivity contribution in [1.82, 2.24) is 0 Å². The Bertz CT molecular complexity index is 956. The molecule has 3 aliphatic heterocycles. The van der Waals surface area contributed by atoms with Gasteiger partial charge in [-0.15, -0.1) is 0 Å². The largest absolute Gasteiger partial charge is 0.493 e. The number of benzene rings is 2. The minimum atomic E-state index is 0.326. The molecule has 3 atom stereocenters. The molecule has 0 fully saturated rings. The summed E-state index contributed by atoms with van der Waals surface area (Å²) in [6.45, 7) is 7.37. The van der Waals surface area contributed by atoms with Crippen LogP contribution in [0.4, 0.5) is 0 Å². The van der Waals surface area contributed by atoms with Gasteiger partial charge in [-0.2, -0.15) is 0 Å². The van der Waals surface area contributed by atoms with Crippen LogP contribution in [0.1, 0.15) is 54.5 Å². The van der Waals surface area contributed by atoms with Gasteiger partial charge in [-0.3, -0.25) is 0 Å². The second-order valence-corrected chi connectivity index (χ2v) is 8.57. The SMILES string of the molecule is CCOc1c(OC)ccc2c1C[N@+]1(C)CCc3cc4c(cc3[C@@H]1[C@H]2CC)OCO4. The Morgan fingerprint density at radius 1 is 1.10 bits per heavy atom. The molecular weight excluding hydrogens is 366 g/mol. The highest BCUT2D eigenvalue weighted by Crippen LogP contribution is 2.55. The lowest BCUT2D eigenvalue weighted by atomic mass is 9.73. The molecule has 0 unspecified atom stereocenters. The normalized spacial score (nSPS) is 26.3. The van der Waals surface area contributed by atoms with Gasteiger partial charge in [-0.1, -0.05) is 13.0 Å². The summed E-state index contributed by atoms with van der Waals surface area (Å²) in [5.74, 6) is 3.98. The van der Waals surface area contributed by atoms with Gasteiger partial charge < -0.3 is 23.4 Å². The zero-order valence-electron chi connectivity index (χ0n) is 17.8. The van der Waals surface area contributed by atoms with E-state index in [4.69, 9.17) is 18.9 Å². The van der Waals surface area contributed by atoms with Crippen molar-refractivity contribution in [2.75, 3.05) is 34.1 Å². The van der Waals surface area contributed by atoms with Crippen molar-refractivity contribution >= 4 is 0 Å². The fraction of sp³-hybridized carbons (Fsp3) is 0.500. The van der Waals surface area contributed by atoms with Crippen molar-refractivity contribution in [3.63, 3.8) is 0 Å². The molecule has 3 aliphatic rings. The van der Waals surface area contributed by atoms with E-state index in [-0.39, 0.29) is 0 Å². The highest BCUT2D eigenvalue weighted by atomic mass is 16.7. The van der Waals surface area contributed by atoms with Gasteiger partial charge in [0.05, 0.1) is 32.9 Å². The molecule has 0 radical (unpaired) electrons. The van der Waals surface area contributed by atoms with Crippen LogP contribution in [0.15, 0.2) is 24.3 Å². The van der Waals surface area contributed by atoms with Crippen LogP contribution in [-0.4, -0.2) is 38.6 Å². The number of quaternary nitrogens is 1. The van der Waals surface area contributed by atoms with Crippen molar-refractivity contribution in [3.05, 3.63) is 46.5 Å². The van der Waals surface area contributed by atoms with E-state index < -0.39 is 0 Å². The first kappa shape index (κ1) is 18.6. The van der Waals surface area contributed by atoms with E-state index in [9.17, 15) is 0 Å². The third-order valence-electron chi connectivity index (χ3n) is 7.03. The molecule has 0 saturated heterocycles. The van der Waals surface area contributed by atoms with E-state index in [0.29, 0.717) is 25.4 Å². The summed E-state index contributed by atoms with van der Waals surface area (Å²) in [7, 11) is 4.13. The molecule has 0 aromatic heterocycles. The van der Waals surface area contributed by atoms with Crippen LogP contribution in [0.25, 0.3) is 0 Å². The first-order chi connectivity index (χ1) is 14.1. The van der Waals surface area contributed by atoms with Crippen molar-refractivity contribution in [3.8, 4) is 23.0 Å². The standard InChI is InChI=1S/C24H30NO4/c1-5-16-17-7-8-20(26-4)24(27-6-2)19(17)13-25(3)10-9-15-11-21-22(29-14-28-21)12-18(15)23(16)25/h7-8,11-12,16,23H,5-6,9-10,13-14H2,1-4H3/q+1/t16-,23-,25-/m0/s1. The van der Waals surface area contributed by atoms with Crippen LogP contribution in [0.5, 0.6) is 23.0 Å². The second kappa shape index (κ2) is 6.84. The van der Waals surface area contributed by atoms with E-state index >= 15 is 0 Å². The molecule has 0 amide bonds. The molecule has 29 heavy (non-hydrogen) atoms. The lowest BCUT2D eigenvalue weighted by Crippen LogP contribution is -2.54. The summed E-state index contributed by atoms with van der Waals surface area (Å²) < 4.78 is 24.1. The van der Waals surface area contributed by atoms with Crippen LogP contribution in [0, 0.1) is 0 Å². The Labute approximate surface area is 172 Å². The summed E-state index contributed by atoms with van der Waals surface area (Å²) in [6, 6.07) is 9.21. The third kappa shape index (κ3) is 2.71. The van der Waals surface area contributed by atoms with Gasteiger partial charge in [-0.05, 0) is 42.7 Å². The Morgan fingerprint density at radius 3 is 2.62 bits per heavy atom. The lowest BCUT2D eigenvalue weighted by Gasteiger charge is -2.52. The number of ether oxygens (including phenoxy) is 4. The predicted molar refractivity (Wildman–Crippen MR) is 111 cm³/mol. The molecule has 2 aromatic carbocycles. The van der Waals surface area contributed by atoms with E-state index in [1.54, 1.807) is 7.11 Å². The summed E-state index contributed by atoms with van der Waals surface area (Å²) in [4.78, 5) is 0. The van der Waals surface area contributed by atoms with Crippen LogP contribution in [0.2, 0.25) is 0 Å². The van der Waals surface area contributed by atoms with E-state index in [1.165, 1.54) is 22.3 Å². The average molecular weight is 397 g/mol. The third-order valence-corrected chi connectivity index (χ3v) is 7.03. The molecule has 0 N–H and O–H groups in total. The number of methoxy groups -OCH3 is 1. The number of hydrogen-bond donors (Lipinski definition) is 0. The molecule has 5 rings (SSSR count). The summed E-state index contributed by atoms with van der Waals surface area (Å²) in [5.41, 5.74) is 5.56. The molecule has 3 heterocycles. The van der Waals surface area contributed by atoms with Crippen molar-refractivity contribution < 1.29 is 23.4 Å². The van der Waals surface area contributed by atoms with Crippen LogP contribution in [-0.2, 0) is 13.0 Å². The van der Waals surface area contributed by atoms with Crippen molar-refractivity contribution in [1.29, 1.82) is 0 Å². The van der Waals surface area contributed by atoms with Gasteiger partial charge in [0.2, 0.25) is 6.79 Å². The number of hydrogen-bond acceptors (Lipinski definition) is 4. The Balaban J connectivity index is 1.68. The predicted octanol–water partition coefficient (Wildman–Crippen LogP) is 4.57. The van der Waals surface area contributed by atoms with Gasteiger partial charge in [-0.25, -0.2) is 0 Å². The maximum absolute atomic E-state index is 6.10. The molecule has 0 bridgehead atoms. The van der Waals surface area contributed by atoms with Gasteiger partial charge in [0.25, 0.3) is 0 Å². The summed E-state index contributed by atoms with van der Waals surface area (Å²) in [5, 5.41) is 0. The van der Waals surface area contributed by atoms with Crippen LogP contribution in [0.3, 0.4) is 0 Å². The Hall–Kier alpha value is -2.40. The molecule has 5 nitrogen and oxygen atoms in total. The quantitative estimate of drug-likeness (QED) is 0.709. The highest BCUT2D eigenvalue weighted by Gasteiger charge is 2.49. The maximum Gasteiger partial charge on any atom is 0.231 e. The number of rotatable bonds is 4. The van der Waals surface area contributed by atoms with Gasteiger partial charge >= 0.3 is 0 Å². The summed E-state index contributed by atoms with van der Waals surface area (Å²) >= 11 is 0. The summed E-state index contributed by atoms with van der Waals surface area (Å²) in [6.07, 6.45) is 2.13. The van der Waals surface area contributed by atoms with Crippen molar-refractivity contribution in [2.24, 2.45) is 0 Å². The molecule has 0 saturated carbocycles. The van der Waals surface area contributed by atoms with E-state index in [2.05, 4.69) is 38.2 Å². The highest BCUT2D eigenvalue weighted by molar-refractivity contribution is 5.55. The maximum atomic E-state index is 6.10. The second-order valence-electron chi connectivity index (χ2n) is 8.57. The van der Waals surface area contributed by atoms with Gasteiger partial charge in [0.1, 0.15) is 12.6 Å². The lowest BCUT2D eigenvalue weighted by molar-refractivity contribution is -0.958. The van der Waals surface area contributed by atoms with Crippen molar-refractivity contribution in [2.45, 2.75) is 45.2 Å². The smallest absolute Gasteiger partial charge is 0.231 e. The van der Waals surface area contributed by atoms with Crippen LogP contribution < -0.4 is 18.9 Å². The molecule has 154 valence electrons. The monoisotopic (exact) mass is 396 g/mol. The zero-order valence-corrected chi connectivity index (χ0v) is 17.8. The molecular formula is C24H30NO4+. The van der Waals surface area contributed by atoms with Gasteiger partial charge in [0.15, 0.2) is 23.0 Å². The molecule has 2 aromatic rings. The first-order valence-corrected chi connectivity index (χ1v) is 10.7. The Morgan fingerprint density at radius 2 is 1.90 bits per heavy atom. The number of nitrogens with zero attached hydrogens (tertiary/aromatic N) is 1. The van der Waals surface area contributed by atoms with E-state index in [0.717, 1.165) is 53.4 Å². The number of likely N-dealkylation sites (N-methyl/N-ethyl adjacent to an activating group) is 1. The molecule has 0 spiro atoms. The topological polar surface area (TPSA) is 36.9 Å². The first-order valence-electron chi connectivity index (χ1n) is 10.7. The Kier molecular flexibility index (Phi) is 4.39. The number of fused-ring (bicyclic) bond motifs is 5. The van der Waals surface area contributed by atoms with Crippen LogP contribution >= 0.6 is 0 Å². The fourth-order valence-corrected chi connectivity index (χ4v) is 5.74. The van der Waals surface area contributed by atoms with E-state index in [1.807, 2.05) is 6.92 Å². The molecule has 0 aliphatic carbocycles.